The quantitative estimate of drug-likeness (QED) is 0.848. The summed E-state index contributed by atoms with van der Waals surface area (Å²) in [6, 6.07) is 8.04. The summed E-state index contributed by atoms with van der Waals surface area (Å²) in [4.78, 5) is 4.93. The summed E-state index contributed by atoms with van der Waals surface area (Å²) >= 11 is 1.58. The molecule has 24 heavy (non-hydrogen) atoms. The maximum atomic E-state index is 9.64. The second-order valence-corrected chi connectivity index (χ2v) is 7.85. The molecule has 1 fully saturated rings. The van der Waals surface area contributed by atoms with E-state index in [-0.39, 0.29) is 6.10 Å². The second-order valence-electron chi connectivity index (χ2n) is 6.73. The number of methoxy groups -OCH3 is 1. The predicted molar refractivity (Wildman–Crippen MR) is 94.2 cm³/mol. The summed E-state index contributed by atoms with van der Waals surface area (Å²) in [5.41, 5.74) is 6.77. The molecule has 0 saturated heterocycles. The Kier molecular flexibility index (Phi) is 3.74. The van der Waals surface area contributed by atoms with Gasteiger partial charge in [-0.1, -0.05) is 17.8 Å². The van der Waals surface area contributed by atoms with Crippen molar-refractivity contribution in [3.05, 3.63) is 29.3 Å². The van der Waals surface area contributed by atoms with Gasteiger partial charge >= 0.3 is 0 Å². The Balaban J connectivity index is 1.88. The Morgan fingerprint density at radius 2 is 2.17 bits per heavy atom. The minimum absolute atomic E-state index is 0.273. The van der Waals surface area contributed by atoms with Gasteiger partial charge in [-0.3, -0.25) is 0 Å². The smallest absolute Gasteiger partial charge is 0.154 e. The number of amidine groups is 1. The van der Waals surface area contributed by atoms with Crippen LogP contribution >= 0.6 is 11.8 Å². The lowest BCUT2D eigenvalue weighted by molar-refractivity contribution is -0.0561. The summed E-state index contributed by atoms with van der Waals surface area (Å²) in [6.45, 7) is 0. The van der Waals surface area contributed by atoms with Crippen molar-refractivity contribution in [1.82, 2.24) is 0 Å². The zero-order valence-electron chi connectivity index (χ0n) is 13.7. The molecule has 0 radical (unpaired) electrons. The van der Waals surface area contributed by atoms with Crippen LogP contribution in [0.2, 0.25) is 0 Å². The van der Waals surface area contributed by atoms with Gasteiger partial charge in [0.05, 0.1) is 17.7 Å². The number of nitriles is 1. The van der Waals surface area contributed by atoms with Crippen molar-refractivity contribution in [2.45, 2.75) is 49.3 Å². The Morgan fingerprint density at radius 3 is 2.83 bits per heavy atom. The predicted octanol–water partition coefficient (Wildman–Crippen LogP) is 2.93. The van der Waals surface area contributed by atoms with Crippen molar-refractivity contribution in [2.75, 3.05) is 12.9 Å². The molecule has 126 valence electrons. The number of fused-ring (bicyclic) bond motifs is 3. The van der Waals surface area contributed by atoms with Crippen LogP contribution in [-0.2, 0) is 10.3 Å². The van der Waals surface area contributed by atoms with E-state index in [1.807, 2.05) is 18.2 Å². The zero-order chi connectivity index (χ0) is 16.8. The molecule has 1 aromatic carbocycles. The maximum Gasteiger partial charge on any atom is 0.154 e. The molecule has 0 aromatic heterocycles. The van der Waals surface area contributed by atoms with Crippen LogP contribution in [0.15, 0.2) is 23.2 Å². The van der Waals surface area contributed by atoms with Gasteiger partial charge in [0.2, 0.25) is 0 Å². The average molecular weight is 343 g/mol. The monoisotopic (exact) mass is 343 g/mol. The van der Waals surface area contributed by atoms with E-state index in [1.54, 1.807) is 18.9 Å². The summed E-state index contributed by atoms with van der Waals surface area (Å²) in [5.74, 6) is 1.70. The van der Waals surface area contributed by atoms with Crippen molar-refractivity contribution in [1.29, 1.82) is 5.26 Å². The van der Waals surface area contributed by atoms with Gasteiger partial charge in [0, 0.05) is 18.4 Å². The lowest BCUT2D eigenvalue weighted by Gasteiger charge is -2.47. The van der Waals surface area contributed by atoms with Crippen LogP contribution in [0.5, 0.6) is 5.75 Å². The van der Waals surface area contributed by atoms with Gasteiger partial charge in [-0.25, -0.2) is 4.99 Å². The molecule has 0 bridgehead atoms. The fourth-order valence-corrected chi connectivity index (χ4v) is 5.38. The first-order valence-electron chi connectivity index (χ1n) is 8.38. The molecule has 6 heteroatoms. The number of hydrogen-bond acceptors (Lipinski definition) is 6. The molecular formula is C18H21N3O2S. The van der Waals surface area contributed by atoms with Gasteiger partial charge in [-0.05, 0) is 44.2 Å². The first kappa shape index (κ1) is 15.8. The molecule has 1 unspecified atom stereocenters. The highest BCUT2D eigenvalue weighted by Crippen LogP contribution is 2.60. The molecule has 0 amide bonds. The molecule has 2 spiro atoms. The number of aliphatic imine (C=N–C) groups is 1. The van der Waals surface area contributed by atoms with E-state index in [0.29, 0.717) is 10.7 Å². The van der Waals surface area contributed by atoms with Crippen molar-refractivity contribution < 1.29 is 9.47 Å². The van der Waals surface area contributed by atoms with Crippen LogP contribution in [0.1, 0.15) is 43.2 Å². The fraction of sp³-hybridized carbons (Fsp3) is 0.556. The van der Waals surface area contributed by atoms with Gasteiger partial charge in [0.25, 0.3) is 0 Å². The van der Waals surface area contributed by atoms with Crippen molar-refractivity contribution in [3.8, 4) is 11.8 Å². The molecule has 2 heterocycles. The van der Waals surface area contributed by atoms with Gasteiger partial charge in [0.1, 0.15) is 16.9 Å². The minimum atomic E-state index is -0.539. The molecule has 1 saturated carbocycles. The number of thioether (sulfide) groups is 1. The zero-order valence-corrected chi connectivity index (χ0v) is 14.6. The lowest BCUT2D eigenvalue weighted by atomic mass is 9.66. The Bertz CT molecular complexity index is 734. The van der Waals surface area contributed by atoms with Crippen LogP contribution in [-0.4, -0.2) is 29.7 Å². The number of nitrogens with zero attached hydrogens (tertiary/aromatic N) is 2. The van der Waals surface area contributed by atoms with Gasteiger partial charge in [-0.2, -0.15) is 5.26 Å². The van der Waals surface area contributed by atoms with Crippen molar-refractivity contribution in [2.24, 2.45) is 10.7 Å². The Labute approximate surface area is 146 Å². The molecular weight excluding hydrogens is 322 g/mol. The first-order chi connectivity index (χ1) is 11.6. The summed E-state index contributed by atoms with van der Waals surface area (Å²) in [5, 5.41) is 10.2. The standard InChI is InChI=1S/C18H21N3O2S/c1-22-13-5-7-17(8-6-13)18(9-10-24-16(20)21-18)15-12(11-19)3-2-4-14(15)23-17/h2-4,13H,5-10H2,1H3,(H2,20,21). The van der Waals surface area contributed by atoms with Gasteiger partial charge in [0.15, 0.2) is 5.17 Å². The highest BCUT2D eigenvalue weighted by molar-refractivity contribution is 8.13. The van der Waals surface area contributed by atoms with Crippen LogP contribution in [0, 0.1) is 11.3 Å². The van der Waals surface area contributed by atoms with Crippen LogP contribution in [0.4, 0.5) is 0 Å². The number of ether oxygens (including phenoxy) is 2. The lowest BCUT2D eigenvalue weighted by Crippen LogP contribution is -2.55. The van der Waals surface area contributed by atoms with Crippen LogP contribution in [0.3, 0.4) is 0 Å². The molecule has 1 atom stereocenters. The maximum absolute atomic E-state index is 9.64. The number of benzene rings is 1. The van der Waals surface area contributed by atoms with Crippen LogP contribution in [0.25, 0.3) is 0 Å². The van der Waals surface area contributed by atoms with E-state index in [4.69, 9.17) is 20.2 Å². The third-order valence-electron chi connectivity index (χ3n) is 5.71. The average Bonchev–Trinajstić information content (AvgIpc) is 2.85. The van der Waals surface area contributed by atoms with Crippen LogP contribution < -0.4 is 10.5 Å². The van der Waals surface area contributed by atoms with Gasteiger partial charge in [-0.15, -0.1) is 0 Å². The summed E-state index contributed by atoms with van der Waals surface area (Å²) in [7, 11) is 1.77. The number of rotatable bonds is 1. The molecule has 2 aliphatic heterocycles. The molecule has 3 aliphatic rings. The molecule has 1 aromatic rings. The Hall–Kier alpha value is -1.71. The number of nitrogens with two attached hydrogens (primary N) is 1. The Morgan fingerprint density at radius 1 is 1.38 bits per heavy atom. The van der Waals surface area contributed by atoms with E-state index in [9.17, 15) is 5.26 Å². The second kappa shape index (κ2) is 5.68. The van der Waals surface area contributed by atoms with E-state index in [1.165, 1.54) is 0 Å². The number of hydrogen-bond donors (Lipinski definition) is 1. The van der Waals surface area contributed by atoms with Crippen molar-refractivity contribution in [3.63, 3.8) is 0 Å². The first-order valence-corrected chi connectivity index (χ1v) is 9.36. The van der Waals surface area contributed by atoms with E-state index in [0.717, 1.165) is 49.2 Å². The van der Waals surface area contributed by atoms with E-state index in [2.05, 4.69) is 6.07 Å². The third-order valence-corrected chi connectivity index (χ3v) is 6.50. The summed E-state index contributed by atoms with van der Waals surface area (Å²) < 4.78 is 12.1. The molecule has 4 rings (SSSR count). The molecule has 5 nitrogen and oxygen atoms in total. The van der Waals surface area contributed by atoms with Crippen molar-refractivity contribution >= 4 is 16.9 Å². The normalized spacial score (nSPS) is 34.5. The topological polar surface area (TPSA) is 80.6 Å². The van der Waals surface area contributed by atoms with E-state index >= 15 is 0 Å². The van der Waals surface area contributed by atoms with Gasteiger partial charge < -0.3 is 15.2 Å². The third kappa shape index (κ3) is 2.08. The fourth-order valence-electron chi connectivity index (χ4n) is 4.56. The molecule has 2 N–H and O–H groups in total. The summed E-state index contributed by atoms with van der Waals surface area (Å²) in [6.07, 6.45) is 4.74. The highest BCUT2D eigenvalue weighted by atomic mass is 32.2. The molecule has 1 aliphatic carbocycles. The minimum Gasteiger partial charge on any atom is -0.484 e. The van der Waals surface area contributed by atoms with E-state index < -0.39 is 11.1 Å². The highest BCUT2D eigenvalue weighted by Gasteiger charge is 2.62. The SMILES string of the molecule is COC1CCC2(CC1)Oc1cccc(C#N)c1C21CCSC(N)=N1. The largest absolute Gasteiger partial charge is 0.484 e.